The van der Waals surface area contributed by atoms with Crippen LogP contribution in [0.1, 0.15) is 42.7 Å². The first kappa shape index (κ1) is 29.2. The van der Waals surface area contributed by atoms with Crippen LogP contribution in [0.3, 0.4) is 0 Å². The van der Waals surface area contributed by atoms with Crippen LogP contribution in [0, 0.1) is 5.92 Å². The Labute approximate surface area is 240 Å². The number of likely N-dealkylation sites (tertiary alicyclic amines) is 1. The molecule has 0 bridgehead atoms. The van der Waals surface area contributed by atoms with Crippen molar-refractivity contribution in [3.8, 4) is 0 Å². The number of hydrogen-bond donors (Lipinski definition) is 1. The minimum Gasteiger partial charge on any atom is -0.378 e. The predicted octanol–water partition coefficient (Wildman–Crippen LogP) is 1.45. The van der Waals surface area contributed by atoms with E-state index in [1.54, 1.807) is 30.3 Å². The van der Waals surface area contributed by atoms with Crippen LogP contribution in [0.5, 0.6) is 0 Å². The maximum atomic E-state index is 13.8. The maximum absolute atomic E-state index is 13.8. The van der Waals surface area contributed by atoms with E-state index in [-0.39, 0.29) is 42.4 Å². The highest BCUT2D eigenvalue weighted by Gasteiger charge is 2.54. The lowest BCUT2D eigenvalue weighted by molar-refractivity contribution is -0.138. The number of nitrogens with zero attached hydrogens (tertiary/aromatic N) is 4. The Kier molecular flexibility index (Phi) is 8.71. The van der Waals surface area contributed by atoms with Gasteiger partial charge in [0.2, 0.25) is 15.9 Å². The van der Waals surface area contributed by atoms with Crippen molar-refractivity contribution in [2.45, 2.75) is 50.6 Å². The van der Waals surface area contributed by atoms with Crippen LogP contribution in [-0.4, -0.2) is 97.7 Å². The number of anilines is 1. The first-order chi connectivity index (χ1) is 19.6. The van der Waals surface area contributed by atoms with Gasteiger partial charge in [0.05, 0.1) is 31.5 Å². The van der Waals surface area contributed by atoms with E-state index in [2.05, 4.69) is 15.2 Å². The molecule has 3 atom stereocenters. The molecule has 12 heteroatoms. The number of amides is 2. The third-order valence-electron chi connectivity index (χ3n) is 7.89. The van der Waals surface area contributed by atoms with Gasteiger partial charge < -0.3 is 19.9 Å². The second kappa shape index (κ2) is 12.3. The van der Waals surface area contributed by atoms with Crippen molar-refractivity contribution in [2.75, 3.05) is 44.3 Å². The largest absolute Gasteiger partial charge is 0.378 e. The second-order valence-corrected chi connectivity index (χ2v) is 13.1. The SMILES string of the molecule is CC(C)CC(NC(=O)c1ccc(N2CCOCC2)cc1)C(=O)N1CCC2C1C(=O)CN2S(=O)(=O)Cc1ccccn1. The van der Waals surface area contributed by atoms with Gasteiger partial charge in [0.25, 0.3) is 5.91 Å². The van der Waals surface area contributed by atoms with Gasteiger partial charge in [-0.05, 0) is 55.2 Å². The number of sulfonamides is 1. The molecular formula is C29H37N5O6S. The van der Waals surface area contributed by atoms with Gasteiger partial charge in [-0.1, -0.05) is 19.9 Å². The third-order valence-corrected chi connectivity index (χ3v) is 9.67. The first-order valence-corrected chi connectivity index (χ1v) is 15.7. The molecule has 0 aliphatic carbocycles. The number of morpholine rings is 1. The summed E-state index contributed by atoms with van der Waals surface area (Å²) in [5, 5.41) is 2.89. The first-order valence-electron chi connectivity index (χ1n) is 14.1. The summed E-state index contributed by atoms with van der Waals surface area (Å²) in [5.41, 5.74) is 1.84. The molecule has 3 unspecified atom stereocenters. The molecule has 0 radical (unpaired) electrons. The van der Waals surface area contributed by atoms with E-state index in [1.807, 2.05) is 26.0 Å². The number of carbonyl (C=O) groups excluding carboxylic acids is 3. The molecule has 2 amide bonds. The standard InChI is InChI=1S/C29H37N5O6S/c1-20(2)17-24(31-28(36)21-6-8-23(9-7-21)32-13-15-40-16-14-32)29(37)33-12-10-25-27(33)26(35)18-34(25)41(38,39)19-22-5-3-4-11-30-22/h3-9,11,20,24-25,27H,10,12-19H2,1-2H3,(H,31,36). The van der Waals surface area contributed by atoms with Crippen molar-refractivity contribution in [2.24, 2.45) is 5.92 Å². The number of pyridine rings is 1. The van der Waals surface area contributed by atoms with Gasteiger partial charge in [-0.15, -0.1) is 0 Å². The quantitative estimate of drug-likeness (QED) is 0.470. The molecule has 3 aliphatic rings. The van der Waals surface area contributed by atoms with Crippen LogP contribution in [0.4, 0.5) is 5.69 Å². The van der Waals surface area contributed by atoms with Gasteiger partial charge in [-0.25, -0.2) is 8.42 Å². The van der Waals surface area contributed by atoms with Crippen molar-refractivity contribution >= 4 is 33.3 Å². The van der Waals surface area contributed by atoms with Crippen molar-refractivity contribution in [1.82, 2.24) is 19.5 Å². The maximum Gasteiger partial charge on any atom is 0.251 e. The topological polar surface area (TPSA) is 129 Å². The molecule has 1 aromatic heterocycles. The number of nitrogens with one attached hydrogen (secondary N) is 1. The van der Waals surface area contributed by atoms with Crippen LogP contribution < -0.4 is 10.2 Å². The van der Waals surface area contributed by atoms with E-state index in [4.69, 9.17) is 4.74 Å². The van der Waals surface area contributed by atoms with Gasteiger partial charge in [-0.2, -0.15) is 4.31 Å². The van der Waals surface area contributed by atoms with Crippen LogP contribution >= 0.6 is 0 Å². The lowest BCUT2D eigenvalue weighted by atomic mass is 10.0. The minimum absolute atomic E-state index is 0.0980. The van der Waals surface area contributed by atoms with Gasteiger partial charge in [0.15, 0.2) is 5.78 Å². The van der Waals surface area contributed by atoms with E-state index in [0.29, 0.717) is 37.3 Å². The van der Waals surface area contributed by atoms with Crippen LogP contribution in [-0.2, 0) is 30.1 Å². The number of hydrogen-bond acceptors (Lipinski definition) is 8. The molecule has 1 N–H and O–H groups in total. The van der Waals surface area contributed by atoms with Crippen molar-refractivity contribution in [3.05, 3.63) is 59.9 Å². The van der Waals surface area contributed by atoms with E-state index >= 15 is 0 Å². The molecule has 0 saturated carbocycles. The number of fused-ring (bicyclic) bond motifs is 1. The Balaban J connectivity index is 1.28. The number of aromatic nitrogens is 1. The molecule has 5 rings (SSSR count). The summed E-state index contributed by atoms with van der Waals surface area (Å²) >= 11 is 0. The van der Waals surface area contributed by atoms with Gasteiger partial charge in [0, 0.05) is 37.1 Å². The molecule has 4 heterocycles. The molecular weight excluding hydrogens is 546 g/mol. The number of carbonyl (C=O) groups is 3. The van der Waals surface area contributed by atoms with Crippen molar-refractivity contribution in [1.29, 1.82) is 0 Å². The Morgan fingerprint density at radius 1 is 1.07 bits per heavy atom. The van der Waals surface area contributed by atoms with Crippen molar-refractivity contribution < 1.29 is 27.5 Å². The molecule has 3 saturated heterocycles. The zero-order valence-electron chi connectivity index (χ0n) is 23.4. The lowest BCUT2D eigenvalue weighted by Crippen LogP contribution is -2.53. The smallest absolute Gasteiger partial charge is 0.251 e. The van der Waals surface area contributed by atoms with E-state index < -0.39 is 28.1 Å². The highest BCUT2D eigenvalue weighted by Crippen LogP contribution is 2.33. The van der Waals surface area contributed by atoms with Crippen LogP contribution in [0.25, 0.3) is 0 Å². The fraction of sp³-hybridized carbons (Fsp3) is 0.517. The number of ether oxygens (including phenoxy) is 1. The number of ketones is 1. The van der Waals surface area contributed by atoms with Crippen LogP contribution in [0.2, 0.25) is 0 Å². The zero-order chi connectivity index (χ0) is 29.1. The minimum atomic E-state index is -3.82. The highest BCUT2D eigenvalue weighted by atomic mass is 32.2. The Morgan fingerprint density at radius 2 is 1.80 bits per heavy atom. The molecule has 3 aliphatic heterocycles. The number of rotatable bonds is 9. The molecule has 3 fully saturated rings. The predicted molar refractivity (Wildman–Crippen MR) is 153 cm³/mol. The average Bonchev–Trinajstić information content (AvgIpc) is 3.54. The van der Waals surface area contributed by atoms with Gasteiger partial charge in [-0.3, -0.25) is 19.4 Å². The molecule has 1 aromatic carbocycles. The van der Waals surface area contributed by atoms with Gasteiger partial charge in [0.1, 0.15) is 17.8 Å². The summed E-state index contributed by atoms with van der Waals surface area (Å²) < 4.78 is 33.1. The molecule has 0 spiro atoms. The summed E-state index contributed by atoms with van der Waals surface area (Å²) in [4.78, 5) is 47.9. The summed E-state index contributed by atoms with van der Waals surface area (Å²) in [7, 11) is -3.82. The Hall–Kier alpha value is -3.35. The number of Topliss-reactive ketones (excluding diaryl/α,β-unsaturated/α-hetero) is 1. The Bertz CT molecular complexity index is 1360. The fourth-order valence-electron chi connectivity index (χ4n) is 5.92. The highest BCUT2D eigenvalue weighted by molar-refractivity contribution is 7.88. The average molecular weight is 584 g/mol. The summed E-state index contributed by atoms with van der Waals surface area (Å²) in [6, 6.07) is 10.0. The molecule has 41 heavy (non-hydrogen) atoms. The third kappa shape index (κ3) is 6.44. The molecule has 220 valence electrons. The van der Waals surface area contributed by atoms with E-state index in [0.717, 1.165) is 18.8 Å². The zero-order valence-corrected chi connectivity index (χ0v) is 24.3. The molecule has 2 aromatic rings. The summed E-state index contributed by atoms with van der Waals surface area (Å²) in [5.74, 6) is -1.25. The van der Waals surface area contributed by atoms with E-state index in [1.165, 1.54) is 15.4 Å². The van der Waals surface area contributed by atoms with Crippen molar-refractivity contribution in [3.63, 3.8) is 0 Å². The normalized spacial score (nSPS) is 22.2. The number of benzene rings is 1. The Morgan fingerprint density at radius 3 is 2.46 bits per heavy atom. The second-order valence-electron chi connectivity index (χ2n) is 11.2. The lowest BCUT2D eigenvalue weighted by Gasteiger charge is -2.29. The summed E-state index contributed by atoms with van der Waals surface area (Å²) in [6.07, 6.45) is 2.27. The monoisotopic (exact) mass is 583 g/mol. The fourth-order valence-corrected chi connectivity index (χ4v) is 7.58. The van der Waals surface area contributed by atoms with Crippen LogP contribution in [0.15, 0.2) is 48.7 Å². The molecule has 11 nitrogen and oxygen atoms in total. The van der Waals surface area contributed by atoms with Gasteiger partial charge >= 0.3 is 0 Å². The summed E-state index contributed by atoms with van der Waals surface area (Å²) in [6.45, 7) is 6.79. The van der Waals surface area contributed by atoms with E-state index in [9.17, 15) is 22.8 Å².